The second-order valence-corrected chi connectivity index (χ2v) is 7.08. The van der Waals surface area contributed by atoms with Crippen LogP contribution in [0.4, 0.5) is 4.79 Å². The molecule has 8 heteroatoms. The van der Waals surface area contributed by atoms with Gasteiger partial charge in [0, 0.05) is 11.8 Å². The highest BCUT2D eigenvalue weighted by Crippen LogP contribution is 2.50. The molecule has 20 heavy (non-hydrogen) atoms. The molecule has 0 aromatic heterocycles. The number of urea groups is 1. The number of thioether (sulfide) groups is 1. The Morgan fingerprint density at radius 1 is 1.20 bits per heavy atom. The van der Waals surface area contributed by atoms with Crippen molar-refractivity contribution in [1.29, 1.82) is 0 Å². The largest absolute Gasteiger partial charge is 0.467 e. The van der Waals surface area contributed by atoms with Gasteiger partial charge in [0.1, 0.15) is 11.4 Å². The van der Waals surface area contributed by atoms with Crippen molar-refractivity contribution in [3.8, 4) is 0 Å². The van der Waals surface area contributed by atoms with Gasteiger partial charge < -0.3 is 14.4 Å². The van der Waals surface area contributed by atoms with Crippen LogP contribution in [0.5, 0.6) is 0 Å². The first kappa shape index (κ1) is 15.0. The molecule has 2 saturated heterocycles. The Hall–Kier alpha value is -1.44. The van der Waals surface area contributed by atoms with E-state index in [-0.39, 0.29) is 6.03 Å². The number of hydrogen-bond acceptors (Lipinski definition) is 6. The van der Waals surface area contributed by atoms with E-state index in [0.29, 0.717) is 0 Å². The molecule has 0 aliphatic carbocycles. The number of esters is 2. The van der Waals surface area contributed by atoms with Gasteiger partial charge in [-0.2, -0.15) is 0 Å². The van der Waals surface area contributed by atoms with E-state index < -0.39 is 34.1 Å². The predicted octanol–water partition coefficient (Wildman–Crippen LogP) is 0.288. The molecule has 2 aliphatic heterocycles. The van der Waals surface area contributed by atoms with Crippen molar-refractivity contribution in [3.63, 3.8) is 0 Å². The third-order valence-corrected chi connectivity index (χ3v) is 5.27. The molecule has 0 spiro atoms. The molecule has 0 aromatic carbocycles. The Labute approximate surface area is 121 Å². The third-order valence-electron chi connectivity index (χ3n) is 3.71. The van der Waals surface area contributed by atoms with Crippen LogP contribution in [0.15, 0.2) is 0 Å². The van der Waals surface area contributed by atoms with Gasteiger partial charge in [0.2, 0.25) is 0 Å². The number of carbonyl (C=O) groups excluding carboxylic acids is 3. The van der Waals surface area contributed by atoms with Gasteiger partial charge >= 0.3 is 18.0 Å². The molecule has 2 fully saturated rings. The lowest BCUT2D eigenvalue weighted by Gasteiger charge is -2.28. The smallest absolute Gasteiger partial charge is 0.331 e. The maximum Gasteiger partial charge on any atom is 0.331 e. The van der Waals surface area contributed by atoms with Crippen LogP contribution >= 0.6 is 11.8 Å². The quantitative estimate of drug-likeness (QED) is 0.682. The van der Waals surface area contributed by atoms with Crippen LogP contribution in [-0.4, -0.2) is 71.2 Å². The summed E-state index contributed by atoms with van der Waals surface area (Å²) in [6.07, 6.45) is 0. The molecule has 0 unspecified atom stereocenters. The van der Waals surface area contributed by atoms with Crippen LogP contribution in [-0.2, 0) is 19.1 Å². The molecular formula is C12H18N2O5S. The topological polar surface area (TPSA) is 76.2 Å². The minimum absolute atomic E-state index is 0.362. The summed E-state index contributed by atoms with van der Waals surface area (Å²) in [5.41, 5.74) is 0. The van der Waals surface area contributed by atoms with Crippen LogP contribution < -0.4 is 0 Å². The van der Waals surface area contributed by atoms with Crippen molar-refractivity contribution >= 4 is 29.7 Å². The molecule has 2 aliphatic rings. The van der Waals surface area contributed by atoms with Crippen molar-refractivity contribution in [2.75, 3.05) is 21.3 Å². The molecule has 0 radical (unpaired) electrons. The average molecular weight is 302 g/mol. The molecule has 0 bridgehead atoms. The van der Waals surface area contributed by atoms with E-state index in [0.717, 1.165) is 0 Å². The van der Waals surface area contributed by atoms with E-state index in [1.807, 2.05) is 13.8 Å². The molecule has 0 N–H and O–H groups in total. The van der Waals surface area contributed by atoms with Gasteiger partial charge in [-0.25, -0.2) is 14.4 Å². The maximum atomic E-state index is 12.4. The fourth-order valence-corrected chi connectivity index (χ4v) is 4.46. The highest BCUT2D eigenvalue weighted by molar-refractivity contribution is 8.01. The zero-order valence-corrected chi connectivity index (χ0v) is 12.9. The Morgan fingerprint density at radius 2 is 1.75 bits per heavy atom. The fourth-order valence-electron chi connectivity index (χ4n) is 2.75. The number of ether oxygens (including phenoxy) is 2. The highest BCUT2D eigenvalue weighted by atomic mass is 32.2. The van der Waals surface area contributed by atoms with Gasteiger partial charge in [-0.15, -0.1) is 11.8 Å². The van der Waals surface area contributed by atoms with Crippen molar-refractivity contribution < 1.29 is 23.9 Å². The lowest BCUT2D eigenvalue weighted by atomic mass is 10.0. The van der Waals surface area contributed by atoms with Gasteiger partial charge in [-0.05, 0) is 13.8 Å². The minimum Gasteiger partial charge on any atom is -0.467 e. The number of carbonyl (C=O) groups is 3. The van der Waals surface area contributed by atoms with E-state index in [2.05, 4.69) is 0 Å². The molecule has 3 atom stereocenters. The monoisotopic (exact) mass is 302 g/mol. The summed E-state index contributed by atoms with van der Waals surface area (Å²) in [6, 6.07) is -1.79. The van der Waals surface area contributed by atoms with Gasteiger partial charge in [0.25, 0.3) is 0 Å². The van der Waals surface area contributed by atoms with Crippen LogP contribution in [0.3, 0.4) is 0 Å². The third kappa shape index (κ3) is 1.93. The maximum absolute atomic E-state index is 12.4. The Kier molecular flexibility index (Phi) is 3.62. The van der Waals surface area contributed by atoms with E-state index >= 15 is 0 Å². The molecule has 112 valence electrons. The zero-order chi connectivity index (χ0) is 15.2. The number of amides is 2. The number of rotatable bonds is 2. The summed E-state index contributed by atoms with van der Waals surface area (Å²) in [5.74, 6) is -0.959. The van der Waals surface area contributed by atoms with Crippen LogP contribution in [0.2, 0.25) is 0 Å². The molecule has 0 saturated carbocycles. The summed E-state index contributed by atoms with van der Waals surface area (Å²) in [6.45, 7) is 3.72. The number of hydrogen-bond donors (Lipinski definition) is 0. The standard InChI is InChI=1S/C12H18N2O5S/c1-12(2)7(10(16)19-5)14-8(20-12)6(9(15)18-4)13(3)11(14)17/h6-8H,1-5H3/t6-,7-,8+/m0/s1. The summed E-state index contributed by atoms with van der Waals surface area (Å²) < 4.78 is 9.04. The van der Waals surface area contributed by atoms with E-state index in [1.165, 1.54) is 42.8 Å². The predicted molar refractivity (Wildman–Crippen MR) is 72.1 cm³/mol. The fraction of sp³-hybridized carbons (Fsp3) is 0.750. The first-order chi connectivity index (χ1) is 9.26. The van der Waals surface area contributed by atoms with Crippen molar-refractivity contribution in [3.05, 3.63) is 0 Å². The van der Waals surface area contributed by atoms with Crippen LogP contribution in [0.1, 0.15) is 13.8 Å². The normalized spacial score (nSPS) is 31.2. The Balaban J connectivity index is 2.41. The lowest BCUT2D eigenvalue weighted by Crippen LogP contribution is -2.49. The van der Waals surface area contributed by atoms with Gasteiger partial charge in [-0.3, -0.25) is 4.90 Å². The summed E-state index contributed by atoms with van der Waals surface area (Å²) in [5, 5.41) is -0.445. The second kappa shape index (κ2) is 4.83. The van der Waals surface area contributed by atoms with Crippen molar-refractivity contribution in [2.45, 2.75) is 36.1 Å². The van der Waals surface area contributed by atoms with E-state index in [4.69, 9.17) is 9.47 Å². The molecule has 2 heterocycles. The van der Waals surface area contributed by atoms with Gasteiger partial charge in [0.05, 0.1) is 14.2 Å². The van der Waals surface area contributed by atoms with E-state index in [1.54, 1.807) is 0 Å². The molecule has 0 aromatic rings. The molecule has 2 rings (SSSR count). The number of nitrogens with zero attached hydrogens (tertiary/aromatic N) is 2. The SMILES string of the molecule is COC(=O)[C@@H]1[C@H]2SC(C)(C)[C@H](C(=O)OC)N2C(=O)N1C. The van der Waals surface area contributed by atoms with Crippen LogP contribution in [0, 0.1) is 0 Å². The van der Waals surface area contributed by atoms with Crippen LogP contribution in [0.25, 0.3) is 0 Å². The molecule has 7 nitrogen and oxygen atoms in total. The summed E-state index contributed by atoms with van der Waals surface area (Å²) in [7, 11) is 4.11. The van der Waals surface area contributed by atoms with Crippen molar-refractivity contribution in [2.24, 2.45) is 0 Å². The number of fused-ring (bicyclic) bond motifs is 1. The Bertz CT molecular complexity index is 467. The number of methoxy groups -OCH3 is 2. The average Bonchev–Trinajstić information content (AvgIpc) is 2.79. The lowest BCUT2D eigenvalue weighted by molar-refractivity contribution is -0.148. The minimum atomic E-state index is -0.716. The number of likely N-dealkylation sites (N-methyl/N-ethyl adjacent to an activating group) is 1. The van der Waals surface area contributed by atoms with Crippen molar-refractivity contribution in [1.82, 2.24) is 9.80 Å². The van der Waals surface area contributed by atoms with Gasteiger partial charge in [-0.1, -0.05) is 0 Å². The second-order valence-electron chi connectivity index (χ2n) is 5.31. The van der Waals surface area contributed by atoms with E-state index in [9.17, 15) is 14.4 Å². The first-order valence-corrected chi connectivity index (χ1v) is 7.02. The van der Waals surface area contributed by atoms with Gasteiger partial charge in [0.15, 0.2) is 6.04 Å². The summed E-state index contributed by atoms with van der Waals surface area (Å²) in [4.78, 5) is 39.0. The molecular weight excluding hydrogens is 284 g/mol. The Morgan fingerprint density at radius 3 is 2.25 bits per heavy atom. The first-order valence-electron chi connectivity index (χ1n) is 6.15. The zero-order valence-electron chi connectivity index (χ0n) is 12.1. The summed E-state index contributed by atoms with van der Waals surface area (Å²) >= 11 is 1.41. The highest BCUT2D eigenvalue weighted by Gasteiger charge is 2.63. The molecule has 2 amide bonds.